The molecule has 4 rings (SSSR count). The predicted molar refractivity (Wildman–Crippen MR) is 138 cm³/mol. The molecular weight excluding hydrogens is 468 g/mol. The Balaban J connectivity index is 1.53. The van der Waals surface area contributed by atoms with Gasteiger partial charge in [-0.05, 0) is 74.4 Å². The molecule has 0 radical (unpaired) electrons. The molecule has 1 N–H and O–H groups in total. The summed E-state index contributed by atoms with van der Waals surface area (Å²) >= 11 is 6.20. The lowest BCUT2D eigenvalue weighted by Crippen LogP contribution is -2.34. The van der Waals surface area contributed by atoms with Gasteiger partial charge in [-0.1, -0.05) is 55.5 Å². The van der Waals surface area contributed by atoms with Crippen LogP contribution in [0.15, 0.2) is 47.5 Å². The highest BCUT2D eigenvalue weighted by molar-refractivity contribution is 7.90. The normalized spacial score (nSPS) is 15.4. The second-order valence-corrected chi connectivity index (χ2v) is 11.6. The second-order valence-electron chi connectivity index (χ2n) is 9.45. The summed E-state index contributed by atoms with van der Waals surface area (Å²) in [6.45, 7) is 3.57. The number of carbonyl (C=O) groups excluding carboxylic acids is 1. The molecule has 182 valence electrons. The van der Waals surface area contributed by atoms with Crippen molar-refractivity contribution in [3.05, 3.63) is 64.3 Å². The van der Waals surface area contributed by atoms with E-state index in [9.17, 15) is 13.2 Å². The molecule has 5 nitrogen and oxygen atoms in total. The molecule has 1 aliphatic rings. The van der Waals surface area contributed by atoms with Gasteiger partial charge in [0.05, 0.1) is 10.4 Å². The summed E-state index contributed by atoms with van der Waals surface area (Å²) in [7, 11) is -3.80. The van der Waals surface area contributed by atoms with Crippen molar-refractivity contribution in [2.24, 2.45) is 0 Å². The number of hydrogen-bond acceptors (Lipinski definition) is 3. The van der Waals surface area contributed by atoms with Crippen LogP contribution < -0.4 is 5.32 Å². The number of nitrogens with one attached hydrogen (secondary N) is 1. The Morgan fingerprint density at radius 2 is 1.76 bits per heavy atom. The maximum Gasteiger partial charge on any atom is 0.268 e. The average Bonchev–Trinajstić information content (AvgIpc) is 2.98. The molecule has 1 fully saturated rings. The van der Waals surface area contributed by atoms with Crippen LogP contribution in [0.25, 0.3) is 10.9 Å². The molecule has 0 spiro atoms. The minimum absolute atomic E-state index is 0.0931. The van der Waals surface area contributed by atoms with Crippen molar-refractivity contribution in [2.75, 3.05) is 0 Å². The minimum atomic E-state index is -3.80. The number of hydrogen-bond donors (Lipinski definition) is 1. The molecule has 0 aliphatic heterocycles. The average molecular weight is 501 g/mol. The highest BCUT2D eigenvalue weighted by atomic mass is 35.5. The summed E-state index contributed by atoms with van der Waals surface area (Å²) in [6, 6.07) is 11.2. The molecule has 2 aromatic carbocycles. The van der Waals surface area contributed by atoms with Crippen molar-refractivity contribution >= 4 is 38.4 Å². The summed E-state index contributed by atoms with van der Waals surface area (Å²) in [6.07, 6.45) is 10.5. The second kappa shape index (κ2) is 10.5. The maximum atomic E-state index is 13.6. The number of benzene rings is 2. The topological polar surface area (TPSA) is 68.2 Å². The van der Waals surface area contributed by atoms with E-state index in [1.54, 1.807) is 32.2 Å². The van der Waals surface area contributed by atoms with Crippen LogP contribution in [0.3, 0.4) is 0 Å². The Morgan fingerprint density at radius 3 is 2.50 bits per heavy atom. The first-order valence-corrected chi connectivity index (χ1v) is 14.0. The Labute approximate surface area is 207 Å². The number of carbonyl (C=O) groups is 1. The van der Waals surface area contributed by atoms with Crippen molar-refractivity contribution in [2.45, 2.75) is 82.6 Å². The number of rotatable bonds is 7. The molecule has 0 bridgehead atoms. The van der Waals surface area contributed by atoms with Crippen LogP contribution in [0.2, 0.25) is 5.02 Å². The Kier molecular flexibility index (Phi) is 7.68. The molecule has 1 aromatic heterocycles. The first-order chi connectivity index (χ1) is 16.3. The van der Waals surface area contributed by atoms with Crippen LogP contribution in [0.4, 0.5) is 0 Å². The Hall–Kier alpha value is -2.31. The first kappa shape index (κ1) is 24.8. The fourth-order valence-electron chi connectivity index (χ4n) is 4.92. The van der Waals surface area contributed by atoms with Crippen LogP contribution in [-0.2, 0) is 21.2 Å². The summed E-state index contributed by atoms with van der Waals surface area (Å²) in [4.78, 5) is 12.8. The fourth-order valence-corrected chi connectivity index (χ4v) is 6.82. The molecule has 3 aromatic rings. The molecule has 1 heterocycles. The zero-order valence-corrected chi connectivity index (χ0v) is 21.5. The third-order valence-corrected chi connectivity index (χ3v) is 9.05. The highest BCUT2D eigenvalue weighted by Gasteiger charge is 2.24. The smallest absolute Gasteiger partial charge is 0.268 e. The van der Waals surface area contributed by atoms with Crippen LogP contribution in [0.1, 0.15) is 68.1 Å². The monoisotopic (exact) mass is 500 g/mol. The molecular formula is C27H33ClN2O3S. The SMILES string of the molecule is Cc1cc(S(=O)(=O)n2cc(CCCC(=O)NC3CCCCCC3)c3ccccc32)c(C)cc1Cl. The van der Waals surface area contributed by atoms with Crippen LogP contribution in [0.5, 0.6) is 0 Å². The molecule has 7 heteroatoms. The fraction of sp³-hybridized carbons (Fsp3) is 0.444. The molecule has 1 aliphatic carbocycles. The highest BCUT2D eigenvalue weighted by Crippen LogP contribution is 2.30. The van der Waals surface area contributed by atoms with Crippen LogP contribution >= 0.6 is 11.6 Å². The van der Waals surface area contributed by atoms with E-state index >= 15 is 0 Å². The quantitative estimate of drug-likeness (QED) is 0.386. The molecule has 1 amide bonds. The van der Waals surface area contributed by atoms with Gasteiger partial charge in [-0.2, -0.15) is 0 Å². The van der Waals surface area contributed by atoms with E-state index in [1.807, 2.05) is 24.3 Å². The van der Waals surface area contributed by atoms with Gasteiger partial charge in [0.1, 0.15) is 0 Å². The summed E-state index contributed by atoms with van der Waals surface area (Å²) < 4.78 is 28.6. The lowest BCUT2D eigenvalue weighted by atomic mass is 10.1. The number of para-hydroxylation sites is 1. The zero-order chi connectivity index (χ0) is 24.3. The minimum Gasteiger partial charge on any atom is -0.353 e. The Bertz CT molecular complexity index is 1290. The van der Waals surface area contributed by atoms with Gasteiger partial charge in [-0.25, -0.2) is 12.4 Å². The number of halogens is 1. The van der Waals surface area contributed by atoms with E-state index in [2.05, 4.69) is 5.32 Å². The number of aryl methyl sites for hydroxylation is 3. The summed E-state index contributed by atoms with van der Waals surface area (Å²) in [5.74, 6) is 0.0931. The zero-order valence-electron chi connectivity index (χ0n) is 19.9. The van der Waals surface area contributed by atoms with Crippen molar-refractivity contribution < 1.29 is 13.2 Å². The number of amides is 1. The Morgan fingerprint density at radius 1 is 1.06 bits per heavy atom. The molecule has 0 unspecified atom stereocenters. The van der Waals surface area contributed by atoms with Gasteiger partial charge in [0.2, 0.25) is 5.91 Å². The molecule has 0 atom stereocenters. The maximum absolute atomic E-state index is 13.6. The van der Waals surface area contributed by atoms with Crippen molar-refractivity contribution in [1.29, 1.82) is 0 Å². The van der Waals surface area contributed by atoms with E-state index in [-0.39, 0.29) is 10.8 Å². The van der Waals surface area contributed by atoms with Crippen LogP contribution in [-0.4, -0.2) is 24.3 Å². The van der Waals surface area contributed by atoms with Gasteiger partial charge in [0.25, 0.3) is 10.0 Å². The predicted octanol–water partition coefficient (Wildman–Crippen LogP) is 6.31. The van der Waals surface area contributed by atoms with E-state index in [1.165, 1.54) is 29.7 Å². The van der Waals surface area contributed by atoms with E-state index < -0.39 is 10.0 Å². The lowest BCUT2D eigenvalue weighted by molar-refractivity contribution is -0.121. The first-order valence-electron chi connectivity index (χ1n) is 12.2. The largest absolute Gasteiger partial charge is 0.353 e. The van der Waals surface area contributed by atoms with Crippen molar-refractivity contribution in [3.8, 4) is 0 Å². The van der Waals surface area contributed by atoms with Gasteiger partial charge in [0.15, 0.2) is 0 Å². The van der Waals surface area contributed by atoms with Crippen molar-refractivity contribution in [1.82, 2.24) is 9.29 Å². The number of nitrogens with zero attached hydrogens (tertiary/aromatic N) is 1. The van der Waals surface area contributed by atoms with E-state index in [4.69, 9.17) is 11.6 Å². The third-order valence-electron chi connectivity index (χ3n) is 6.82. The van der Waals surface area contributed by atoms with Gasteiger partial charge in [0, 0.05) is 29.1 Å². The van der Waals surface area contributed by atoms with Crippen LogP contribution in [0, 0.1) is 13.8 Å². The van der Waals surface area contributed by atoms with Gasteiger partial charge >= 0.3 is 0 Å². The molecule has 34 heavy (non-hydrogen) atoms. The van der Waals surface area contributed by atoms with Crippen molar-refractivity contribution in [3.63, 3.8) is 0 Å². The molecule has 0 saturated heterocycles. The van der Waals surface area contributed by atoms with Gasteiger partial charge < -0.3 is 5.32 Å². The summed E-state index contributed by atoms with van der Waals surface area (Å²) in [5, 5.41) is 4.65. The standard InChI is InChI=1S/C27H33ClN2O3S/c1-19-17-26(20(2)16-24(19)28)34(32,33)30-18-21(23-13-7-8-14-25(23)30)10-9-15-27(31)29-22-11-5-3-4-6-12-22/h7-8,13-14,16-18,22H,3-6,9-12,15H2,1-2H3,(H,29,31). The number of fused-ring (bicyclic) bond motifs is 1. The molecule has 1 saturated carbocycles. The van der Waals surface area contributed by atoms with Gasteiger partial charge in [-0.15, -0.1) is 0 Å². The van der Waals surface area contributed by atoms with E-state index in [0.717, 1.165) is 29.4 Å². The lowest BCUT2D eigenvalue weighted by Gasteiger charge is -2.16. The number of aromatic nitrogens is 1. The third kappa shape index (κ3) is 5.33. The van der Waals surface area contributed by atoms with Gasteiger partial charge in [-0.3, -0.25) is 4.79 Å². The summed E-state index contributed by atoms with van der Waals surface area (Å²) in [5.41, 5.74) is 2.92. The van der Waals surface area contributed by atoms with E-state index in [0.29, 0.717) is 41.4 Å².